The number of amides is 1. The van der Waals surface area contributed by atoms with Gasteiger partial charge in [-0.2, -0.15) is 0 Å². The van der Waals surface area contributed by atoms with Gasteiger partial charge in [-0.3, -0.25) is 4.79 Å². The number of nitrogens with one attached hydrogen (secondary N) is 1. The van der Waals surface area contributed by atoms with Crippen molar-refractivity contribution in [3.8, 4) is 11.5 Å². The van der Waals surface area contributed by atoms with Gasteiger partial charge in [0, 0.05) is 6.54 Å². The summed E-state index contributed by atoms with van der Waals surface area (Å²) in [5.74, 6) is 1.49. The summed E-state index contributed by atoms with van der Waals surface area (Å²) in [7, 11) is 0. The zero-order chi connectivity index (χ0) is 14.4. The third kappa shape index (κ3) is 5.10. The summed E-state index contributed by atoms with van der Waals surface area (Å²) in [6.07, 6.45) is 2.38. The van der Waals surface area contributed by atoms with Crippen LogP contribution in [0.25, 0.3) is 0 Å². The van der Waals surface area contributed by atoms with E-state index in [1.165, 1.54) is 0 Å². The van der Waals surface area contributed by atoms with Crippen LogP contribution >= 0.6 is 12.4 Å². The van der Waals surface area contributed by atoms with E-state index in [-0.39, 0.29) is 18.3 Å². The molecule has 21 heavy (non-hydrogen) atoms. The fourth-order valence-corrected chi connectivity index (χ4v) is 2.15. The predicted octanol–water partition coefficient (Wildman–Crippen LogP) is 1.67. The lowest BCUT2D eigenvalue weighted by Crippen LogP contribution is -2.41. The highest BCUT2D eigenvalue weighted by molar-refractivity contribution is 5.85. The lowest BCUT2D eigenvalue weighted by Gasteiger charge is -2.19. The smallest absolute Gasteiger partial charge is 0.236 e. The maximum atomic E-state index is 11.7. The van der Waals surface area contributed by atoms with Crippen LogP contribution in [-0.2, 0) is 11.2 Å². The Balaban J connectivity index is 0.00000220. The van der Waals surface area contributed by atoms with Gasteiger partial charge in [-0.15, -0.1) is 12.4 Å². The molecule has 1 heterocycles. The van der Waals surface area contributed by atoms with Crippen LogP contribution in [0, 0.1) is 0 Å². The molecular weight excluding hydrogens is 292 g/mol. The maximum absolute atomic E-state index is 11.7. The first-order valence-electron chi connectivity index (χ1n) is 7.12. The van der Waals surface area contributed by atoms with Crippen molar-refractivity contribution in [2.75, 3.05) is 19.8 Å². The Hall–Kier alpha value is -1.46. The Morgan fingerprint density at radius 3 is 2.76 bits per heavy atom. The minimum atomic E-state index is -0.403. The second kappa shape index (κ2) is 8.74. The number of carbonyl (C=O) groups excluding carboxylic acids is 1. The van der Waals surface area contributed by atoms with Crippen molar-refractivity contribution in [3.63, 3.8) is 0 Å². The van der Waals surface area contributed by atoms with Crippen LogP contribution in [0.3, 0.4) is 0 Å². The highest BCUT2D eigenvalue weighted by Gasteiger charge is 2.13. The molecule has 1 aromatic rings. The predicted molar refractivity (Wildman–Crippen MR) is 84.3 cm³/mol. The summed E-state index contributed by atoms with van der Waals surface area (Å²) in [6, 6.07) is 5.47. The molecule has 6 heteroatoms. The van der Waals surface area contributed by atoms with Crippen molar-refractivity contribution in [3.05, 3.63) is 23.8 Å². The molecule has 1 aromatic carbocycles. The number of hydrogen-bond donors (Lipinski definition) is 2. The summed E-state index contributed by atoms with van der Waals surface area (Å²) >= 11 is 0. The molecular formula is C15H23ClN2O3. The summed E-state index contributed by atoms with van der Waals surface area (Å²) in [5, 5.41) is 2.86. The van der Waals surface area contributed by atoms with E-state index in [0.29, 0.717) is 19.8 Å². The molecule has 0 aliphatic carbocycles. The average Bonchev–Trinajstić information content (AvgIpc) is 2.47. The minimum absolute atomic E-state index is 0. The summed E-state index contributed by atoms with van der Waals surface area (Å²) in [5.41, 5.74) is 6.86. The van der Waals surface area contributed by atoms with E-state index in [0.717, 1.165) is 36.3 Å². The molecule has 0 saturated carbocycles. The van der Waals surface area contributed by atoms with E-state index in [1.807, 2.05) is 25.1 Å². The Kier molecular flexibility index (Phi) is 7.32. The number of fused-ring (bicyclic) bond motifs is 1. The molecule has 1 aliphatic heterocycles. The van der Waals surface area contributed by atoms with Crippen molar-refractivity contribution >= 4 is 18.3 Å². The van der Waals surface area contributed by atoms with Gasteiger partial charge < -0.3 is 20.5 Å². The molecule has 0 bridgehead atoms. The molecule has 1 amide bonds. The number of carbonyl (C=O) groups is 1. The molecule has 3 N–H and O–H groups in total. The molecule has 0 fully saturated rings. The van der Waals surface area contributed by atoms with Crippen LogP contribution in [0.5, 0.6) is 11.5 Å². The first kappa shape index (κ1) is 17.6. The summed E-state index contributed by atoms with van der Waals surface area (Å²) in [4.78, 5) is 11.7. The quantitative estimate of drug-likeness (QED) is 0.837. The molecule has 0 radical (unpaired) electrons. The normalized spacial score (nSPS) is 14.0. The maximum Gasteiger partial charge on any atom is 0.236 e. The van der Waals surface area contributed by atoms with Crippen LogP contribution in [0.15, 0.2) is 18.2 Å². The van der Waals surface area contributed by atoms with E-state index in [9.17, 15) is 4.79 Å². The molecule has 118 valence electrons. The fraction of sp³-hybridized carbons (Fsp3) is 0.533. The first-order valence-corrected chi connectivity index (χ1v) is 7.12. The molecule has 5 nitrogen and oxygen atoms in total. The van der Waals surface area contributed by atoms with E-state index in [1.54, 1.807) is 0 Å². The zero-order valence-corrected chi connectivity index (χ0v) is 13.1. The van der Waals surface area contributed by atoms with E-state index in [2.05, 4.69) is 5.32 Å². The van der Waals surface area contributed by atoms with Crippen molar-refractivity contribution < 1.29 is 14.3 Å². The number of rotatable bonds is 6. The molecule has 0 spiro atoms. The average molecular weight is 315 g/mol. The highest BCUT2D eigenvalue weighted by Crippen LogP contribution is 2.30. The molecule has 1 atom stereocenters. The van der Waals surface area contributed by atoms with E-state index < -0.39 is 6.04 Å². The van der Waals surface area contributed by atoms with Gasteiger partial charge in [0.25, 0.3) is 0 Å². The SMILES string of the molecule is CCCC(N)C(=O)NCCc1ccc2c(c1)OCCO2.Cl. The van der Waals surface area contributed by atoms with Crippen LogP contribution < -0.4 is 20.5 Å². The van der Waals surface area contributed by atoms with Crippen molar-refractivity contribution in [2.45, 2.75) is 32.2 Å². The third-order valence-corrected chi connectivity index (χ3v) is 3.26. The van der Waals surface area contributed by atoms with E-state index in [4.69, 9.17) is 15.2 Å². The van der Waals surface area contributed by atoms with Gasteiger partial charge in [-0.1, -0.05) is 19.4 Å². The van der Waals surface area contributed by atoms with Crippen LogP contribution in [0.1, 0.15) is 25.3 Å². The van der Waals surface area contributed by atoms with Gasteiger partial charge in [0.15, 0.2) is 11.5 Å². The fourth-order valence-electron chi connectivity index (χ4n) is 2.15. The molecule has 0 saturated heterocycles. The summed E-state index contributed by atoms with van der Waals surface area (Å²) < 4.78 is 11.0. The van der Waals surface area contributed by atoms with Gasteiger partial charge in [-0.05, 0) is 30.5 Å². The van der Waals surface area contributed by atoms with Gasteiger partial charge in [-0.25, -0.2) is 0 Å². The Morgan fingerprint density at radius 2 is 2.05 bits per heavy atom. The monoisotopic (exact) mass is 314 g/mol. The molecule has 0 aromatic heterocycles. The number of nitrogens with two attached hydrogens (primary N) is 1. The number of hydrogen-bond acceptors (Lipinski definition) is 4. The standard InChI is InChI=1S/C15H22N2O3.ClH/c1-2-3-12(16)15(18)17-7-6-11-4-5-13-14(10-11)20-9-8-19-13;/h4-5,10,12H,2-3,6-9,16H2,1H3,(H,17,18);1H. The van der Waals surface area contributed by atoms with Crippen molar-refractivity contribution in [1.82, 2.24) is 5.32 Å². The molecule has 1 unspecified atom stereocenters. The third-order valence-electron chi connectivity index (χ3n) is 3.26. The molecule has 2 rings (SSSR count). The second-order valence-corrected chi connectivity index (χ2v) is 4.91. The highest BCUT2D eigenvalue weighted by atomic mass is 35.5. The minimum Gasteiger partial charge on any atom is -0.486 e. The number of benzene rings is 1. The Labute approximate surface area is 131 Å². The Bertz CT molecular complexity index is 468. The van der Waals surface area contributed by atoms with Crippen LogP contribution in [0.2, 0.25) is 0 Å². The van der Waals surface area contributed by atoms with Gasteiger partial charge in [0.1, 0.15) is 13.2 Å². The number of ether oxygens (including phenoxy) is 2. The summed E-state index contributed by atoms with van der Waals surface area (Å²) in [6.45, 7) is 3.77. The van der Waals surface area contributed by atoms with Crippen LogP contribution in [0.4, 0.5) is 0 Å². The first-order chi connectivity index (χ1) is 9.70. The largest absolute Gasteiger partial charge is 0.486 e. The van der Waals surface area contributed by atoms with E-state index >= 15 is 0 Å². The lowest BCUT2D eigenvalue weighted by molar-refractivity contribution is -0.122. The molecule has 1 aliphatic rings. The lowest BCUT2D eigenvalue weighted by atomic mass is 10.1. The van der Waals surface area contributed by atoms with Crippen LogP contribution in [-0.4, -0.2) is 31.7 Å². The Morgan fingerprint density at radius 1 is 1.33 bits per heavy atom. The number of halogens is 1. The zero-order valence-electron chi connectivity index (χ0n) is 12.3. The van der Waals surface area contributed by atoms with Gasteiger partial charge >= 0.3 is 0 Å². The van der Waals surface area contributed by atoms with Crippen molar-refractivity contribution in [2.24, 2.45) is 5.73 Å². The topological polar surface area (TPSA) is 73.6 Å². The van der Waals surface area contributed by atoms with Gasteiger partial charge in [0.05, 0.1) is 6.04 Å². The second-order valence-electron chi connectivity index (χ2n) is 4.91. The van der Waals surface area contributed by atoms with Gasteiger partial charge in [0.2, 0.25) is 5.91 Å². The van der Waals surface area contributed by atoms with Crippen molar-refractivity contribution in [1.29, 1.82) is 0 Å².